The molecule has 0 aromatic heterocycles. The molecule has 14 nitrogen and oxygen atoms in total. The normalized spacial score (nSPS) is 14.6. The number of ether oxygens (including phenoxy) is 1. The molecule has 0 bridgehead atoms. The summed E-state index contributed by atoms with van der Waals surface area (Å²) in [5, 5.41) is 30.6. The fourth-order valence-electron chi connectivity index (χ4n) is 11.4. The summed E-state index contributed by atoms with van der Waals surface area (Å²) in [7, 11) is -3.97. The number of allylic oxidation sites excluding steroid dienone is 6. The van der Waals surface area contributed by atoms with E-state index in [1.54, 1.807) is 24.0 Å². The number of aryl methyl sites for hydroxylation is 4. The summed E-state index contributed by atoms with van der Waals surface area (Å²) in [6.07, 6.45) is 27.3. The first-order chi connectivity index (χ1) is 43.5. The highest BCUT2D eigenvalue weighted by Gasteiger charge is 2.50. The van der Waals surface area contributed by atoms with Gasteiger partial charge in [0, 0.05) is 70.4 Å². The highest BCUT2D eigenvalue weighted by atomic mass is 35.5. The van der Waals surface area contributed by atoms with Gasteiger partial charge in [0.2, 0.25) is 0 Å². The number of aliphatic hydroxyl groups is 1. The first-order valence-corrected chi connectivity index (χ1v) is 38.8. The number of nitrogens with zero attached hydrogens (tertiary/aromatic N) is 4. The second-order valence-corrected chi connectivity index (χ2v) is 36.5. The van der Waals surface area contributed by atoms with Crippen LogP contribution >= 0.6 is 23.2 Å². The van der Waals surface area contributed by atoms with Gasteiger partial charge in [0.25, 0.3) is 20.1 Å². The van der Waals surface area contributed by atoms with Crippen molar-refractivity contribution in [3.05, 3.63) is 176 Å². The molecule has 0 radical (unpaired) electrons. The molecule has 2 aliphatic heterocycles. The number of rotatable bonds is 31. The maximum absolute atomic E-state index is 13.5. The van der Waals surface area contributed by atoms with E-state index >= 15 is 0 Å². The number of aromatic carboxylic acids is 1. The molecular formula is C73H100Cl2N4O10Si2. The van der Waals surface area contributed by atoms with Crippen molar-refractivity contribution < 1.29 is 48.2 Å². The number of unbranched alkanes of at least 4 members (excludes halogenated alkanes) is 2. The second kappa shape index (κ2) is 38.6. The van der Waals surface area contributed by atoms with E-state index in [2.05, 4.69) is 130 Å². The van der Waals surface area contributed by atoms with Crippen LogP contribution in [-0.4, -0.2) is 131 Å². The zero-order valence-corrected chi connectivity index (χ0v) is 59.2. The maximum atomic E-state index is 13.5. The van der Waals surface area contributed by atoms with Gasteiger partial charge in [-0.15, -0.1) is 0 Å². The maximum Gasteiger partial charge on any atom is 0.338 e. The molecule has 0 aliphatic carbocycles. The summed E-state index contributed by atoms with van der Waals surface area (Å²) in [6, 6.07) is 26.0. The standard InChI is InChI=1S/C47H65ClN2O5Si2.C26H35ClN2O5/c1-37-34-38(2)45(48)42(44(37)46(52)53-32-33-56(6,7)8)35-39(49-54-36-43(51)50-29-21-15-22-30-50)24-16-11-9-10-12-23-31-55-57(47(3,4)5,40-25-17-13-18-26-40)41-27-19-14-20-28-41;1-19-16-20(2)25(27)22(24(19)26(32)33)17-21(12-8-5-3-4-6-11-15-30)28-34-18-23(31)29-13-9-7-10-14-29/h10,12-14,16-20,24-28,34H,9,11,15,21-23,29-33,35-36H2,1-8H3;4,6,8,12,16,30H,3,5,7,9-11,13-15,17-18H2,1-2H3,(H,32,33)/b12-10+,24-16+,49-39?;6-4+,12-8+,28-21?. The molecule has 4 aromatic rings. The average Bonchev–Trinajstić information content (AvgIpc) is 1.21. The van der Waals surface area contributed by atoms with Gasteiger partial charge in [-0.05, 0) is 172 Å². The molecule has 18 heteroatoms. The van der Waals surface area contributed by atoms with Crippen LogP contribution in [0.15, 0.2) is 132 Å². The number of amides is 2. The van der Waals surface area contributed by atoms with Crippen LogP contribution in [0.2, 0.25) is 40.8 Å². The van der Waals surface area contributed by atoms with Crippen LogP contribution in [0.4, 0.5) is 0 Å². The molecule has 2 aliphatic rings. The van der Waals surface area contributed by atoms with E-state index in [1.807, 2.05) is 56.0 Å². The predicted octanol–water partition coefficient (Wildman–Crippen LogP) is 15.1. The van der Waals surface area contributed by atoms with Crippen molar-refractivity contribution in [2.45, 2.75) is 169 Å². The first-order valence-electron chi connectivity index (χ1n) is 32.4. The molecule has 6 rings (SSSR count). The fourth-order valence-corrected chi connectivity index (χ4v) is 17.1. The van der Waals surface area contributed by atoms with Crippen LogP contribution in [0, 0.1) is 27.7 Å². The lowest BCUT2D eigenvalue weighted by atomic mass is 9.94. The Labute approximate surface area is 554 Å². The number of halogens is 2. The summed E-state index contributed by atoms with van der Waals surface area (Å²) in [6.45, 7) is 24.9. The lowest BCUT2D eigenvalue weighted by molar-refractivity contribution is -0.137. The summed E-state index contributed by atoms with van der Waals surface area (Å²) < 4.78 is 12.8. The van der Waals surface area contributed by atoms with E-state index in [1.165, 1.54) is 10.4 Å². The topological polar surface area (TPSA) is 177 Å². The molecule has 0 saturated carbocycles. The molecular weight excluding hydrogens is 1220 g/mol. The minimum Gasteiger partial charge on any atom is -0.478 e. The van der Waals surface area contributed by atoms with E-state index in [0.717, 1.165) is 120 Å². The summed E-state index contributed by atoms with van der Waals surface area (Å²) in [5.41, 5.74) is 5.91. The van der Waals surface area contributed by atoms with Gasteiger partial charge in [-0.2, -0.15) is 0 Å². The van der Waals surface area contributed by atoms with Crippen molar-refractivity contribution in [2.24, 2.45) is 10.3 Å². The number of piperidine rings is 2. The lowest BCUT2D eigenvalue weighted by Crippen LogP contribution is -2.66. The summed E-state index contributed by atoms with van der Waals surface area (Å²) >= 11 is 13.4. The number of carboxylic acid groups (broad SMARTS) is 1. The molecule has 2 saturated heterocycles. The highest BCUT2D eigenvalue weighted by molar-refractivity contribution is 6.99. The third-order valence-corrected chi connectivity index (χ3v) is 23.9. The Balaban J connectivity index is 0.000000377. The Bertz CT molecular complexity index is 3140. The Hall–Kier alpha value is -6.41. The molecule has 494 valence electrons. The Morgan fingerprint density at radius 3 is 1.42 bits per heavy atom. The summed E-state index contributed by atoms with van der Waals surface area (Å²) in [4.78, 5) is 65.5. The molecule has 2 heterocycles. The van der Waals surface area contributed by atoms with Gasteiger partial charge in [-0.25, -0.2) is 9.59 Å². The van der Waals surface area contributed by atoms with E-state index in [0.29, 0.717) is 63.4 Å². The number of carboxylic acids is 1. The number of hydrogen-bond donors (Lipinski definition) is 2. The molecule has 0 unspecified atom stereocenters. The van der Waals surface area contributed by atoms with E-state index in [-0.39, 0.29) is 61.0 Å². The van der Waals surface area contributed by atoms with Crippen molar-refractivity contribution >= 4 is 85.1 Å². The zero-order chi connectivity index (χ0) is 66.4. The monoisotopic (exact) mass is 1320 g/mol. The second-order valence-electron chi connectivity index (χ2n) is 25.8. The van der Waals surface area contributed by atoms with Gasteiger partial charge < -0.3 is 38.9 Å². The van der Waals surface area contributed by atoms with Gasteiger partial charge in [0.1, 0.15) is 0 Å². The largest absolute Gasteiger partial charge is 0.478 e. The Morgan fingerprint density at radius 2 is 0.989 bits per heavy atom. The zero-order valence-electron chi connectivity index (χ0n) is 55.7. The van der Waals surface area contributed by atoms with Gasteiger partial charge in [0.15, 0.2) is 13.2 Å². The third kappa shape index (κ3) is 24.2. The number of benzene rings is 4. The molecule has 4 aromatic carbocycles. The van der Waals surface area contributed by atoms with Crippen LogP contribution in [0.3, 0.4) is 0 Å². The van der Waals surface area contributed by atoms with Crippen LogP contribution in [0.5, 0.6) is 0 Å². The minimum absolute atomic E-state index is 0.0653. The molecule has 0 atom stereocenters. The molecule has 2 N–H and O–H groups in total. The molecule has 0 spiro atoms. The number of esters is 1. The number of hydrogen-bond acceptors (Lipinski definition) is 11. The quantitative estimate of drug-likeness (QED) is 0.0123. The number of likely N-dealkylation sites (tertiary alicyclic amines) is 2. The van der Waals surface area contributed by atoms with Crippen molar-refractivity contribution in [3.63, 3.8) is 0 Å². The third-order valence-electron chi connectivity index (χ3n) is 16.1. The van der Waals surface area contributed by atoms with E-state index in [4.69, 9.17) is 47.1 Å². The van der Waals surface area contributed by atoms with Crippen LogP contribution in [0.25, 0.3) is 0 Å². The molecule has 91 heavy (non-hydrogen) atoms. The van der Waals surface area contributed by atoms with Crippen molar-refractivity contribution in [3.8, 4) is 0 Å². The van der Waals surface area contributed by atoms with Crippen LogP contribution in [0.1, 0.15) is 152 Å². The van der Waals surface area contributed by atoms with Crippen molar-refractivity contribution in [1.29, 1.82) is 0 Å². The lowest BCUT2D eigenvalue weighted by Gasteiger charge is -2.43. The van der Waals surface area contributed by atoms with Gasteiger partial charge in [0.05, 0.1) is 29.2 Å². The predicted molar refractivity (Wildman–Crippen MR) is 377 cm³/mol. The van der Waals surface area contributed by atoms with Crippen molar-refractivity contribution in [2.75, 3.05) is 59.2 Å². The Morgan fingerprint density at radius 1 is 0.571 bits per heavy atom. The smallest absolute Gasteiger partial charge is 0.338 e. The van der Waals surface area contributed by atoms with Gasteiger partial charge in [-0.1, -0.05) is 183 Å². The minimum atomic E-state index is -2.57. The Kier molecular flexibility index (Phi) is 31.9. The number of carbonyl (C=O) groups is 4. The molecule has 2 amide bonds. The van der Waals surface area contributed by atoms with E-state index < -0.39 is 22.4 Å². The van der Waals surface area contributed by atoms with Crippen molar-refractivity contribution in [1.82, 2.24) is 9.80 Å². The van der Waals surface area contributed by atoms with E-state index in [9.17, 15) is 24.3 Å². The van der Waals surface area contributed by atoms with Crippen LogP contribution in [-0.2, 0) is 41.3 Å². The average molecular weight is 1320 g/mol. The number of aliphatic hydroxyl groups excluding tert-OH is 1. The number of oxime groups is 2. The first kappa shape index (κ1) is 75.3. The fraction of sp³-hybridized carbons (Fsp3) is 0.479. The number of carbonyl (C=O) groups excluding carboxylic acids is 3. The van der Waals surface area contributed by atoms with Crippen LogP contribution < -0.4 is 10.4 Å². The highest BCUT2D eigenvalue weighted by Crippen LogP contribution is 2.37. The van der Waals surface area contributed by atoms with Gasteiger partial charge in [-0.3, -0.25) is 9.59 Å². The summed E-state index contributed by atoms with van der Waals surface area (Å²) in [5.74, 6) is -1.59. The molecule has 2 fully saturated rings. The SMILES string of the molecule is Cc1cc(C)c(C(=O)O)c(CC(/C=C/CC/C=C/CCO)=NOCC(=O)N2CCCCC2)c1Cl.Cc1cc(C)c(C(=O)OCC[Si](C)(C)C)c(CC(/C=C/CC/C=C/CCO[Si](c2ccccc2)(c2ccccc2)C(C)(C)C)=NOCC(=O)N2CCCCC2)c1Cl. The van der Waals surface area contributed by atoms with Gasteiger partial charge >= 0.3 is 11.9 Å².